The van der Waals surface area contributed by atoms with Crippen LogP contribution in [0.15, 0.2) is 24.3 Å². The Labute approximate surface area is 99.6 Å². The van der Waals surface area contributed by atoms with E-state index in [1.54, 1.807) is 4.68 Å². The Bertz CT molecular complexity index is 581. The summed E-state index contributed by atoms with van der Waals surface area (Å²) in [6.45, 7) is 0. The summed E-state index contributed by atoms with van der Waals surface area (Å²) >= 11 is 0. The third-order valence-corrected chi connectivity index (χ3v) is 2.49. The van der Waals surface area contributed by atoms with E-state index in [9.17, 15) is 5.21 Å². The molecule has 0 atom stereocenters. The lowest BCUT2D eigenvalue weighted by molar-refractivity contribution is -0.930. The molecule has 6 nitrogen and oxygen atoms in total. The topological polar surface area (TPSA) is 48.2 Å². The van der Waals surface area contributed by atoms with Crippen LogP contribution in [0.1, 0.15) is 0 Å². The van der Waals surface area contributed by atoms with Crippen molar-refractivity contribution in [2.24, 2.45) is 0 Å². The van der Waals surface area contributed by atoms with Gasteiger partial charge in [-0.1, -0.05) is 16.8 Å². The number of nitrogens with zero attached hydrogens (tertiary/aromatic N) is 5. The molecule has 0 aliphatic heterocycles. The number of rotatable bonds is 0. The molecule has 1 N–H and O–H groups in total. The van der Waals surface area contributed by atoms with Gasteiger partial charge in [0.05, 0.1) is 28.2 Å². The predicted octanol–water partition coefficient (Wildman–Crippen LogP) is -0.401. The van der Waals surface area contributed by atoms with Gasteiger partial charge in [0.25, 0.3) is 0 Å². The Hall–Kier alpha value is -2.11. The van der Waals surface area contributed by atoms with E-state index in [2.05, 4.69) is 5.21 Å². The summed E-state index contributed by atoms with van der Waals surface area (Å²) in [5.41, 5.74) is 1.53. The third-order valence-electron chi connectivity index (χ3n) is 2.49. The number of hydrogen-bond donors (Lipinski definition) is 1. The van der Waals surface area contributed by atoms with Gasteiger partial charge in [0.1, 0.15) is 5.21 Å². The molecule has 0 fully saturated rings. The average molecular weight is 235 g/mol. The van der Waals surface area contributed by atoms with Gasteiger partial charge in [-0.05, 0) is 12.1 Å². The molecule has 2 aromatic rings. The SMILES string of the molecule is CN(C)C(n1n[n+](O)c2ccccc21)=[N+](C)C. The second-order valence-electron chi connectivity index (χ2n) is 4.27. The highest BCUT2D eigenvalue weighted by atomic mass is 16.5. The molecule has 0 radical (unpaired) electrons. The van der Waals surface area contributed by atoms with E-state index in [1.165, 1.54) is 0 Å². The first-order valence-corrected chi connectivity index (χ1v) is 5.33. The lowest BCUT2D eigenvalue weighted by Crippen LogP contribution is -2.40. The van der Waals surface area contributed by atoms with E-state index in [0.717, 1.165) is 16.3 Å². The molecule has 0 amide bonds. The van der Waals surface area contributed by atoms with Gasteiger partial charge >= 0.3 is 5.96 Å². The molecule has 17 heavy (non-hydrogen) atoms. The van der Waals surface area contributed by atoms with E-state index >= 15 is 0 Å². The Morgan fingerprint density at radius 3 is 2.59 bits per heavy atom. The van der Waals surface area contributed by atoms with Gasteiger partial charge < -0.3 is 5.21 Å². The van der Waals surface area contributed by atoms with Crippen molar-refractivity contribution < 1.29 is 14.6 Å². The third kappa shape index (κ3) is 1.82. The van der Waals surface area contributed by atoms with Crippen molar-refractivity contribution >= 4 is 17.0 Å². The summed E-state index contributed by atoms with van der Waals surface area (Å²) in [6.07, 6.45) is 0. The van der Waals surface area contributed by atoms with Gasteiger partial charge in [-0.25, -0.2) is 0 Å². The van der Waals surface area contributed by atoms with Gasteiger partial charge in [-0.15, -0.1) is 0 Å². The Kier molecular flexibility index (Phi) is 2.71. The van der Waals surface area contributed by atoms with Crippen LogP contribution in [-0.2, 0) is 0 Å². The minimum Gasteiger partial charge on any atom is -0.330 e. The van der Waals surface area contributed by atoms with Crippen LogP contribution >= 0.6 is 0 Å². The van der Waals surface area contributed by atoms with Gasteiger partial charge in [0.2, 0.25) is 5.52 Å². The first-order chi connectivity index (χ1) is 8.02. The maximum atomic E-state index is 9.74. The number of aromatic nitrogens is 3. The minimum absolute atomic E-state index is 0.675. The summed E-state index contributed by atoms with van der Waals surface area (Å²) in [6, 6.07) is 7.53. The number of benzene rings is 1. The van der Waals surface area contributed by atoms with Crippen molar-refractivity contribution in [2.75, 3.05) is 28.2 Å². The maximum absolute atomic E-state index is 9.74. The molecule has 1 aromatic carbocycles. The van der Waals surface area contributed by atoms with Crippen molar-refractivity contribution in [2.45, 2.75) is 0 Å². The second-order valence-corrected chi connectivity index (χ2v) is 4.27. The van der Waals surface area contributed by atoms with Crippen LogP contribution in [0.3, 0.4) is 0 Å². The molecule has 0 bridgehead atoms. The van der Waals surface area contributed by atoms with Crippen LogP contribution in [0.2, 0.25) is 0 Å². The number of fused-ring (bicyclic) bond motifs is 1. The minimum atomic E-state index is 0.675. The molecule has 0 spiro atoms. The van der Waals surface area contributed by atoms with Crippen LogP contribution in [0.5, 0.6) is 0 Å². The molecule has 0 unspecified atom stereocenters. The zero-order valence-electron chi connectivity index (χ0n) is 10.5. The maximum Gasteiger partial charge on any atom is 0.382 e. The zero-order chi connectivity index (χ0) is 12.6. The van der Waals surface area contributed by atoms with E-state index < -0.39 is 0 Å². The van der Waals surface area contributed by atoms with Crippen molar-refractivity contribution in [3.05, 3.63) is 24.3 Å². The summed E-state index contributed by atoms with van der Waals surface area (Å²) in [5.74, 6) is 0.869. The summed E-state index contributed by atoms with van der Waals surface area (Å²) in [7, 11) is 7.75. The van der Waals surface area contributed by atoms with Crippen LogP contribution in [-0.4, -0.2) is 58.7 Å². The molecular weight excluding hydrogens is 218 g/mol. The lowest BCUT2D eigenvalue weighted by Gasteiger charge is -2.09. The summed E-state index contributed by atoms with van der Waals surface area (Å²) < 4.78 is 3.65. The smallest absolute Gasteiger partial charge is 0.330 e. The highest BCUT2D eigenvalue weighted by molar-refractivity contribution is 5.86. The van der Waals surface area contributed by atoms with Crippen molar-refractivity contribution in [3.63, 3.8) is 0 Å². The molecular formula is C11H17N5O+2. The quantitative estimate of drug-likeness (QED) is 0.292. The van der Waals surface area contributed by atoms with Gasteiger partial charge in [0, 0.05) is 4.85 Å². The van der Waals surface area contributed by atoms with Crippen molar-refractivity contribution in [3.8, 4) is 0 Å². The molecule has 1 aromatic heterocycles. The molecule has 0 aliphatic carbocycles. The fraction of sp³-hybridized carbons (Fsp3) is 0.364. The monoisotopic (exact) mass is 235 g/mol. The zero-order valence-corrected chi connectivity index (χ0v) is 10.5. The molecule has 6 heteroatoms. The standard InChI is InChI=1S/C11H17N5O/c1-13(2)11(14(3)4)15-9-7-5-6-8-10(9)16(17)12-15/h5-8H,1-4H3,(H,12,17)/q+2. The summed E-state index contributed by atoms with van der Waals surface area (Å²) in [5, 5.41) is 13.8. The predicted molar refractivity (Wildman–Crippen MR) is 63.3 cm³/mol. The van der Waals surface area contributed by atoms with Crippen LogP contribution < -0.4 is 4.85 Å². The summed E-state index contributed by atoms with van der Waals surface area (Å²) in [4.78, 5) is 2.84. The normalized spacial score (nSPS) is 10.6. The first-order valence-electron chi connectivity index (χ1n) is 5.33. The van der Waals surface area contributed by atoms with E-state index in [4.69, 9.17) is 0 Å². The largest absolute Gasteiger partial charge is 0.382 e. The fourth-order valence-corrected chi connectivity index (χ4v) is 1.92. The molecule has 0 saturated heterocycles. The lowest BCUT2D eigenvalue weighted by atomic mass is 10.3. The van der Waals surface area contributed by atoms with E-state index in [-0.39, 0.29) is 0 Å². The highest BCUT2D eigenvalue weighted by Crippen LogP contribution is 2.08. The van der Waals surface area contributed by atoms with Crippen LogP contribution in [0.4, 0.5) is 0 Å². The van der Waals surface area contributed by atoms with E-state index in [1.807, 2.05) is 61.9 Å². The van der Waals surface area contributed by atoms with Crippen molar-refractivity contribution in [1.29, 1.82) is 0 Å². The second kappa shape index (κ2) is 4.04. The molecule has 2 rings (SSSR count). The average Bonchev–Trinajstić information content (AvgIpc) is 2.56. The highest BCUT2D eigenvalue weighted by Gasteiger charge is 2.24. The van der Waals surface area contributed by atoms with Crippen LogP contribution in [0, 0.1) is 0 Å². The molecule has 0 aliphatic rings. The van der Waals surface area contributed by atoms with Crippen molar-refractivity contribution in [1.82, 2.24) is 14.8 Å². The van der Waals surface area contributed by atoms with Gasteiger partial charge in [-0.3, -0.25) is 9.48 Å². The Balaban J connectivity index is 2.76. The van der Waals surface area contributed by atoms with Gasteiger partial charge in [-0.2, -0.15) is 0 Å². The van der Waals surface area contributed by atoms with Gasteiger partial charge in [0.15, 0.2) is 5.52 Å². The fourth-order valence-electron chi connectivity index (χ4n) is 1.92. The van der Waals surface area contributed by atoms with Crippen LogP contribution in [0.25, 0.3) is 11.0 Å². The molecule has 90 valence electrons. The Morgan fingerprint density at radius 2 is 2.00 bits per heavy atom. The first kappa shape index (κ1) is 11.4. The number of hydrogen-bond acceptors (Lipinski definition) is 2. The molecule has 1 heterocycles. The Morgan fingerprint density at radius 1 is 1.35 bits per heavy atom. The van der Waals surface area contributed by atoms with E-state index in [0.29, 0.717) is 5.52 Å². The molecule has 0 saturated carbocycles. The number of para-hydroxylation sites is 2.